The molecule has 0 atom stereocenters. The normalized spacial score (nSPS) is 8.60. The average Bonchev–Trinajstić information content (AvgIpc) is 1.98. The monoisotopic (exact) mass is 144 g/mol. The van der Waals surface area contributed by atoms with Gasteiger partial charge in [0.05, 0.1) is 7.11 Å². The van der Waals surface area contributed by atoms with Crippen LogP contribution in [0.1, 0.15) is 0 Å². The van der Waals surface area contributed by atoms with E-state index in [2.05, 4.69) is 16.6 Å². The Bertz CT molecular complexity index is 134. The molecule has 0 saturated heterocycles. The molecule has 4 heteroatoms. The van der Waals surface area contributed by atoms with Gasteiger partial charge in [-0.25, -0.2) is 4.79 Å². The van der Waals surface area contributed by atoms with Crippen LogP contribution in [0.4, 0.5) is 0 Å². The molecule has 0 radical (unpaired) electrons. The Balaban J connectivity index is 3.52. The Kier molecular flexibility index (Phi) is 4.32. The van der Waals surface area contributed by atoms with Crippen molar-refractivity contribution >= 4 is 5.97 Å². The number of nitrogens with two attached hydrogens (primary N) is 1. The molecule has 0 aromatic carbocycles. The number of hydrogen-bond acceptors (Lipinski definition) is 4. The van der Waals surface area contributed by atoms with Crippen molar-refractivity contribution in [2.45, 2.75) is 0 Å². The van der Waals surface area contributed by atoms with E-state index in [4.69, 9.17) is 5.73 Å². The van der Waals surface area contributed by atoms with E-state index in [0.717, 1.165) is 0 Å². The zero-order valence-corrected chi connectivity index (χ0v) is 6.02. The molecule has 0 aromatic heterocycles. The van der Waals surface area contributed by atoms with Gasteiger partial charge in [0.2, 0.25) is 0 Å². The molecule has 10 heavy (non-hydrogen) atoms. The number of methoxy groups -OCH3 is 1. The molecule has 58 valence electrons. The van der Waals surface area contributed by atoms with E-state index in [9.17, 15) is 4.79 Å². The SMILES string of the molecule is C=C(NCCN)C(=O)OC. The first-order valence-electron chi connectivity index (χ1n) is 2.93. The van der Waals surface area contributed by atoms with Crippen LogP contribution >= 0.6 is 0 Å². The summed E-state index contributed by atoms with van der Waals surface area (Å²) in [5.74, 6) is -0.451. The lowest BCUT2D eigenvalue weighted by molar-refractivity contribution is -0.136. The molecule has 4 nitrogen and oxygen atoms in total. The van der Waals surface area contributed by atoms with Crippen molar-refractivity contribution < 1.29 is 9.53 Å². The van der Waals surface area contributed by atoms with Gasteiger partial charge >= 0.3 is 5.97 Å². The minimum Gasteiger partial charge on any atom is -0.464 e. The highest BCUT2D eigenvalue weighted by molar-refractivity contribution is 5.86. The summed E-state index contributed by atoms with van der Waals surface area (Å²) >= 11 is 0. The van der Waals surface area contributed by atoms with Gasteiger partial charge in [0.25, 0.3) is 0 Å². The summed E-state index contributed by atoms with van der Waals surface area (Å²) in [5.41, 5.74) is 5.41. The van der Waals surface area contributed by atoms with Crippen LogP contribution in [-0.4, -0.2) is 26.2 Å². The van der Waals surface area contributed by atoms with Gasteiger partial charge in [0.15, 0.2) is 0 Å². The predicted octanol–water partition coefficient (Wildman–Crippen LogP) is -0.779. The van der Waals surface area contributed by atoms with Crippen molar-refractivity contribution in [1.29, 1.82) is 0 Å². The number of nitrogens with one attached hydrogen (secondary N) is 1. The molecule has 3 N–H and O–H groups in total. The number of hydrogen-bond donors (Lipinski definition) is 2. The Morgan fingerprint density at radius 3 is 2.80 bits per heavy atom. The zero-order valence-electron chi connectivity index (χ0n) is 6.02. The molecule has 0 aliphatic carbocycles. The van der Waals surface area contributed by atoms with E-state index in [0.29, 0.717) is 13.1 Å². The van der Waals surface area contributed by atoms with Crippen LogP contribution in [0.3, 0.4) is 0 Å². The summed E-state index contributed by atoms with van der Waals surface area (Å²) in [7, 11) is 1.30. The number of carbonyl (C=O) groups is 1. The summed E-state index contributed by atoms with van der Waals surface area (Å²) in [4.78, 5) is 10.6. The van der Waals surface area contributed by atoms with Gasteiger partial charge in [0.1, 0.15) is 5.70 Å². The molecule has 0 aromatic rings. The standard InChI is InChI=1S/C6H12N2O2/c1-5(6(9)10-2)8-4-3-7/h8H,1,3-4,7H2,2H3. The van der Waals surface area contributed by atoms with Crippen molar-refractivity contribution in [2.75, 3.05) is 20.2 Å². The van der Waals surface area contributed by atoms with Gasteiger partial charge in [0, 0.05) is 13.1 Å². The van der Waals surface area contributed by atoms with E-state index in [-0.39, 0.29) is 5.70 Å². The highest BCUT2D eigenvalue weighted by atomic mass is 16.5. The summed E-state index contributed by atoms with van der Waals surface area (Å²) in [6.45, 7) is 4.43. The smallest absolute Gasteiger partial charge is 0.353 e. The molecule has 0 aliphatic heterocycles. The highest BCUT2D eigenvalue weighted by Crippen LogP contribution is 1.85. The fourth-order valence-corrected chi connectivity index (χ4v) is 0.418. The van der Waals surface area contributed by atoms with Crippen LogP contribution in [0.5, 0.6) is 0 Å². The third kappa shape index (κ3) is 3.09. The topological polar surface area (TPSA) is 64.3 Å². The minimum atomic E-state index is -0.451. The van der Waals surface area contributed by atoms with Gasteiger partial charge in [-0.2, -0.15) is 0 Å². The van der Waals surface area contributed by atoms with Gasteiger partial charge < -0.3 is 15.8 Å². The second-order valence-corrected chi connectivity index (χ2v) is 1.69. The molecule has 0 heterocycles. The highest BCUT2D eigenvalue weighted by Gasteiger charge is 2.02. The fourth-order valence-electron chi connectivity index (χ4n) is 0.418. The lowest BCUT2D eigenvalue weighted by atomic mass is 10.5. The summed E-state index contributed by atoms with van der Waals surface area (Å²) in [5, 5.41) is 2.69. The molecular weight excluding hydrogens is 132 g/mol. The summed E-state index contributed by atoms with van der Waals surface area (Å²) in [6, 6.07) is 0. The van der Waals surface area contributed by atoms with Gasteiger partial charge in [-0.15, -0.1) is 0 Å². The lowest BCUT2D eigenvalue weighted by Gasteiger charge is -2.04. The van der Waals surface area contributed by atoms with Crippen LogP contribution in [0, 0.1) is 0 Å². The second-order valence-electron chi connectivity index (χ2n) is 1.69. The van der Waals surface area contributed by atoms with Crippen molar-refractivity contribution in [3.8, 4) is 0 Å². The molecule has 0 aliphatic rings. The van der Waals surface area contributed by atoms with Crippen molar-refractivity contribution in [3.63, 3.8) is 0 Å². The maximum atomic E-state index is 10.6. The largest absolute Gasteiger partial charge is 0.464 e. The van der Waals surface area contributed by atoms with Crippen LogP contribution in [0.15, 0.2) is 12.3 Å². The van der Waals surface area contributed by atoms with E-state index in [1.54, 1.807) is 0 Å². The third-order valence-corrected chi connectivity index (χ3v) is 0.915. The maximum Gasteiger partial charge on any atom is 0.353 e. The quantitative estimate of drug-likeness (QED) is 0.401. The Morgan fingerprint density at radius 1 is 1.80 bits per heavy atom. The van der Waals surface area contributed by atoms with E-state index < -0.39 is 5.97 Å². The summed E-state index contributed by atoms with van der Waals surface area (Å²) in [6.07, 6.45) is 0. The molecule has 0 amide bonds. The molecule has 0 saturated carbocycles. The van der Waals surface area contributed by atoms with Crippen LogP contribution < -0.4 is 11.1 Å². The van der Waals surface area contributed by atoms with Crippen molar-refractivity contribution in [1.82, 2.24) is 5.32 Å². The van der Waals surface area contributed by atoms with Gasteiger partial charge in [-0.3, -0.25) is 0 Å². The van der Waals surface area contributed by atoms with Gasteiger partial charge in [-0.05, 0) is 0 Å². The van der Waals surface area contributed by atoms with Crippen LogP contribution in [0.25, 0.3) is 0 Å². The van der Waals surface area contributed by atoms with Crippen molar-refractivity contribution in [2.24, 2.45) is 5.73 Å². The Hall–Kier alpha value is -1.03. The van der Waals surface area contributed by atoms with Gasteiger partial charge in [-0.1, -0.05) is 6.58 Å². The maximum absolute atomic E-state index is 10.6. The second kappa shape index (κ2) is 4.81. The first kappa shape index (κ1) is 8.97. The van der Waals surface area contributed by atoms with E-state index in [1.807, 2.05) is 0 Å². The first-order valence-corrected chi connectivity index (χ1v) is 2.93. The van der Waals surface area contributed by atoms with E-state index >= 15 is 0 Å². The third-order valence-electron chi connectivity index (χ3n) is 0.915. The molecule has 0 rings (SSSR count). The number of ether oxygens (including phenoxy) is 1. The number of rotatable bonds is 4. The summed E-state index contributed by atoms with van der Waals surface area (Å²) < 4.78 is 4.37. The molecule has 0 fully saturated rings. The molecule has 0 spiro atoms. The lowest BCUT2D eigenvalue weighted by Crippen LogP contribution is -2.26. The fraction of sp³-hybridized carbons (Fsp3) is 0.500. The van der Waals surface area contributed by atoms with Crippen molar-refractivity contribution in [3.05, 3.63) is 12.3 Å². The zero-order chi connectivity index (χ0) is 7.98. The number of esters is 1. The molecule has 0 unspecified atom stereocenters. The van der Waals surface area contributed by atoms with E-state index in [1.165, 1.54) is 7.11 Å². The number of carbonyl (C=O) groups excluding carboxylic acids is 1. The minimum absolute atomic E-state index is 0.243. The molecule has 0 bridgehead atoms. The Morgan fingerprint density at radius 2 is 2.40 bits per heavy atom. The first-order chi connectivity index (χ1) is 4.72. The Labute approximate surface area is 60.0 Å². The predicted molar refractivity (Wildman–Crippen MR) is 38.2 cm³/mol. The van der Waals surface area contributed by atoms with Crippen LogP contribution in [0.2, 0.25) is 0 Å². The molecular formula is C6H12N2O2. The van der Waals surface area contributed by atoms with Crippen LogP contribution in [-0.2, 0) is 9.53 Å². The average molecular weight is 144 g/mol.